The van der Waals surface area contributed by atoms with Gasteiger partial charge in [0.25, 0.3) is 0 Å². The van der Waals surface area contributed by atoms with Crippen LogP contribution in [0.2, 0.25) is 0 Å². The fourth-order valence-corrected chi connectivity index (χ4v) is 1.77. The Balaban J connectivity index is 2.75. The molecule has 0 aliphatic heterocycles. The summed E-state index contributed by atoms with van der Waals surface area (Å²) in [7, 11) is 0. The van der Waals surface area contributed by atoms with Crippen molar-refractivity contribution in [3.63, 3.8) is 0 Å². The second-order valence-electron chi connectivity index (χ2n) is 3.67. The number of aryl methyl sites for hydroxylation is 1. The molecule has 0 aliphatic rings. The zero-order chi connectivity index (χ0) is 11.9. The van der Waals surface area contributed by atoms with Crippen LogP contribution in [0.5, 0.6) is 0 Å². The first-order valence-electron chi connectivity index (χ1n) is 4.79. The van der Waals surface area contributed by atoms with E-state index in [0.717, 1.165) is 5.69 Å². The molecule has 5 heteroatoms. The molecule has 0 fully saturated rings. The summed E-state index contributed by atoms with van der Waals surface area (Å²) in [5.74, 6) is -0.589. The number of pyridine rings is 1. The van der Waals surface area contributed by atoms with Gasteiger partial charge in [0.15, 0.2) is 5.78 Å². The molecular weight excluding hydrogens is 206 g/mol. The highest BCUT2D eigenvalue weighted by Crippen LogP contribution is 2.21. The molecule has 5 nitrogen and oxygen atoms in total. The number of ketones is 1. The van der Waals surface area contributed by atoms with Gasteiger partial charge in [-0.3, -0.25) is 14.6 Å². The molecule has 0 saturated carbocycles. The number of carbonyl (C=O) groups is 2. The molecule has 0 unspecified atom stereocenters. The van der Waals surface area contributed by atoms with Crippen LogP contribution in [0.15, 0.2) is 12.3 Å². The minimum absolute atomic E-state index is 0.0527. The van der Waals surface area contributed by atoms with Crippen molar-refractivity contribution in [1.82, 2.24) is 9.97 Å². The summed E-state index contributed by atoms with van der Waals surface area (Å²) in [6.45, 7) is 3.28. The number of nitrogens with one attached hydrogen (secondary N) is 1. The van der Waals surface area contributed by atoms with E-state index in [9.17, 15) is 9.59 Å². The predicted molar refractivity (Wildman–Crippen MR) is 59.4 cm³/mol. The number of aromatic nitrogens is 2. The van der Waals surface area contributed by atoms with Gasteiger partial charge in [0.1, 0.15) is 0 Å². The van der Waals surface area contributed by atoms with Crippen LogP contribution in [0.4, 0.5) is 0 Å². The number of fused-ring (bicyclic) bond motifs is 1. The highest BCUT2D eigenvalue weighted by Gasteiger charge is 2.14. The van der Waals surface area contributed by atoms with Crippen molar-refractivity contribution in [2.24, 2.45) is 5.73 Å². The van der Waals surface area contributed by atoms with Crippen molar-refractivity contribution in [2.45, 2.75) is 13.8 Å². The minimum Gasteiger partial charge on any atom is -0.366 e. The van der Waals surface area contributed by atoms with E-state index in [0.29, 0.717) is 22.2 Å². The van der Waals surface area contributed by atoms with Gasteiger partial charge in [0, 0.05) is 11.9 Å². The Kier molecular flexibility index (Phi) is 2.23. The lowest BCUT2D eigenvalue weighted by atomic mass is 10.1. The van der Waals surface area contributed by atoms with Crippen LogP contribution in [0, 0.1) is 6.92 Å². The van der Waals surface area contributed by atoms with Gasteiger partial charge in [-0.2, -0.15) is 0 Å². The number of nitrogens with zero attached hydrogens (tertiary/aromatic N) is 1. The molecular formula is C11H11N3O2. The van der Waals surface area contributed by atoms with Gasteiger partial charge >= 0.3 is 0 Å². The topological polar surface area (TPSA) is 88.8 Å². The summed E-state index contributed by atoms with van der Waals surface area (Å²) in [5, 5.41) is 0. The largest absolute Gasteiger partial charge is 0.366 e. The van der Waals surface area contributed by atoms with Gasteiger partial charge in [-0.25, -0.2) is 0 Å². The fourth-order valence-electron chi connectivity index (χ4n) is 1.77. The molecule has 2 aromatic heterocycles. The lowest BCUT2D eigenvalue weighted by Gasteiger charge is -1.96. The van der Waals surface area contributed by atoms with Gasteiger partial charge < -0.3 is 10.7 Å². The summed E-state index contributed by atoms with van der Waals surface area (Å²) in [6.07, 6.45) is 1.38. The minimum atomic E-state index is -0.536. The summed E-state index contributed by atoms with van der Waals surface area (Å²) in [4.78, 5) is 29.5. The van der Waals surface area contributed by atoms with E-state index in [1.807, 2.05) is 0 Å². The molecule has 0 atom stereocenters. The Morgan fingerprint density at radius 1 is 1.44 bits per heavy atom. The first-order valence-corrected chi connectivity index (χ1v) is 4.79. The van der Waals surface area contributed by atoms with E-state index in [-0.39, 0.29) is 5.78 Å². The van der Waals surface area contributed by atoms with Crippen LogP contribution in [0.3, 0.4) is 0 Å². The van der Waals surface area contributed by atoms with Crippen LogP contribution in [0.25, 0.3) is 11.0 Å². The summed E-state index contributed by atoms with van der Waals surface area (Å²) >= 11 is 0. The van der Waals surface area contributed by atoms with Crippen molar-refractivity contribution >= 4 is 22.7 Å². The molecule has 2 heterocycles. The Morgan fingerprint density at radius 2 is 2.12 bits per heavy atom. The van der Waals surface area contributed by atoms with E-state index in [4.69, 9.17) is 5.73 Å². The number of rotatable bonds is 2. The van der Waals surface area contributed by atoms with E-state index in [1.54, 1.807) is 13.0 Å². The normalized spacial score (nSPS) is 10.6. The fraction of sp³-hybridized carbons (Fsp3) is 0.182. The monoisotopic (exact) mass is 217 g/mol. The Bertz CT molecular complexity index is 599. The van der Waals surface area contributed by atoms with E-state index in [1.165, 1.54) is 13.1 Å². The van der Waals surface area contributed by atoms with Crippen molar-refractivity contribution < 1.29 is 9.59 Å². The number of nitrogens with two attached hydrogens (primary N) is 1. The number of hydrogen-bond acceptors (Lipinski definition) is 3. The zero-order valence-electron chi connectivity index (χ0n) is 9.00. The van der Waals surface area contributed by atoms with Gasteiger partial charge in [0.2, 0.25) is 5.91 Å². The van der Waals surface area contributed by atoms with Gasteiger partial charge in [-0.15, -0.1) is 0 Å². The average molecular weight is 217 g/mol. The zero-order valence-corrected chi connectivity index (χ0v) is 9.00. The lowest BCUT2D eigenvalue weighted by Crippen LogP contribution is -2.11. The van der Waals surface area contributed by atoms with Gasteiger partial charge in [-0.05, 0) is 19.9 Å². The first-order chi connectivity index (χ1) is 7.50. The number of amides is 1. The average Bonchev–Trinajstić information content (AvgIpc) is 2.51. The third kappa shape index (κ3) is 1.46. The van der Waals surface area contributed by atoms with Crippen LogP contribution in [0.1, 0.15) is 33.3 Å². The van der Waals surface area contributed by atoms with Crippen molar-refractivity contribution in [2.75, 3.05) is 0 Å². The molecule has 2 rings (SSSR count). The number of primary amides is 1. The second-order valence-corrected chi connectivity index (χ2v) is 3.67. The van der Waals surface area contributed by atoms with E-state index in [2.05, 4.69) is 9.97 Å². The lowest BCUT2D eigenvalue weighted by molar-refractivity contribution is 0.0996. The van der Waals surface area contributed by atoms with E-state index < -0.39 is 5.91 Å². The molecule has 82 valence electrons. The molecule has 16 heavy (non-hydrogen) atoms. The highest BCUT2D eigenvalue weighted by molar-refractivity contribution is 6.07. The van der Waals surface area contributed by atoms with Gasteiger partial charge in [-0.1, -0.05) is 0 Å². The number of H-pyrrole nitrogens is 1. The number of hydrogen-bond donors (Lipinski definition) is 2. The molecule has 0 aromatic carbocycles. The van der Waals surface area contributed by atoms with Crippen LogP contribution in [-0.2, 0) is 0 Å². The standard InChI is InChI=1S/C11H11N3O2/c1-5-9(6(2)15)10-8(14-5)3-7(4-13-10)11(12)16/h3-4,14H,1-2H3,(H2,12,16). The molecule has 0 bridgehead atoms. The molecule has 0 spiro atoms. The number of carbonyl (C=O) groups excluding carboxylic acids is 2. The van der Waals surface area contributed by atoms with Crippen LogP contribution >= 0.6 is 0 Å². The SMILES string of the molecule is CC(=O)c1c(C)[nH]c2cc(C(N)=O)cnc12. The van der Waals surface area contributed by atoms with Crippen LogP contribution < -0.4 is 5.73 Å². The maximum absolute atomic E-state index is 11.4. The van der Waals surface area contributed by atoms with E-state index >= 15 is 0 Å². The van der Waals surface area contributed by atoms with Gasteiger partial charge in [0.05, 0.1) is 22.2 Å². The maximum Gasteiger partial charge on any atom is 0.250 e. The first kappa shape index (κ1) is 10.4. The Labute approximate surface area is 91.7 Å². The van der Waals surface area contributed by atoms with Crippen molar-refractivity contribution in [3.05, 3.63) is 29.1 Å². The second kappa shape index (κ2) is 3.44. The Hall–Kier alpha value is -2.17. The summed E-state index contributed by atoms with van der Waals surface area (Å²) in [5.41, 5.74) is 8.01. The van der Waals surface area contributed by atoms with Crippen molar-refractivity contribution in [1.29, 1.82) is 0 Å². The number of Topliss-reactive ketones (excluding diaryl/α,β-unsaturated/α-hetero) is 1. The molecule has 3 N–H and O–H groups in total. The van der Waals surface area contributed by atoms with Crippen molar-refractivity contribution in [3.8, 4) is 0 Å². The third-order valence-electron chi connectivity index (χ3n) is 2.46. The smallest absolute Gasteiger partial charge is 0.250 e. The molecule has 1 amide bonds. The molecule has 0 saturated heterocycles. The molecule has 2 aromatic rings. The predicted octanol–water partition coefficient (Wildman–Crippen LogP) is 1.17. The number of aromatic amines is 1. The van der Waals surface area contributed by atoms with Crippen LogP contribution in [-0.4, -0.2) is 21.7 Å². The maximum atomic E-state index is 11.4. The summed E-state index contributed by atoms with van der Waals surface area (Å²) in [6, 6.07) is 1.60. The quantitative estimate of drug-likeness (QED) is 0.740. The molecule has 0 aliphatic carbocycles. The summed E-state index contributed by atoms with van der Waals surface area (Å²) < 4.78 is 0. The highest BCUT2D eigenvalue weighted by atomic mass is 16.1. The molecule has 0 radical (unpaired) electrons. The third-order valence-corrected chi connectivity index (χ3v) is 2.46. The Morgan fingerprint density at radius 3 is 2.69 bits per heavy atom.